The summed E-state index contributed by atoms with van der Waals surface area (Å²) in [4.78, 5) is 11.3. The van der Waals surface area contributed by atoms with Crippen molar-refractivity contribution in [1.82, 2.24) is 0 Å². The highest BCUT2D eigenvalue weighted by atomic mass is 16.5. The molecule has 1 aromatic carbocycles. The molecule has 22 heavy (non-hydrogen) atoms. The van der Waals surface area contributed by atoms with Gasteiger partial charge >= 0.3 is 5.97 Å². The molecule has 1 aliphatic heterocycles. The Morgan fingerprint density at radius 3 is 2.86 bits per heavy atom. The highest BCUT2D eigenvalue weighted by Crippen LogP contribution is 2.19. The third-order valence-electron chi connectivity index (χ3n) is 3.84. The van der Waals surface area contributed by atoms with Crippen molar-refractivity contribution in [2.45, 2.75) is 39.4 Å². The van der Waals surface area contributed by atoms with E-state index >= 15 is 0 Å². The smallest absolute Gasteiger partial charge is 0.331 e. The Labute approximate surface area is 132 Å². The van der Waals surface area contributed by atoms with Crippen LogP contribution in [0.3, 0.4) is 0 Å². The van der Waals surface area contributed by atoms with Crippen LogP contribution in [0.15, 0.2) is 54.1 Å². The van der Waals surface area contributed by atoms with Crippen LogP contribution in [0.4, 0.5) is 0 Å². The molecule has 2 rings (SSSR count). The molecule has 0 aliphatic carbocycles. The number of hydrogen-bond donors (Lipinski definition) is 0. The van der Waals surface area contributed by atoms with Crippen molar-refractivity contribution in [3.63, 3.8) is 0 Å². The number of cyclic esters (lactones) is 1. The van der Waals surface area contributed by atoms with E-state index in [0.717, 1.165) is 18.4 Å². The molecule has 0 saturated heterocycles. The summed E-state index contributed by atoms with van der Waals surface area (Å²) in [6.45, 7) is 5.48. The van der Waals surface area contributed by atoms with E-state index < -0.39 is 0 Å². The van der Waals surface area contributed by atoms with Gasteiger partial charge in [0.25, 0.3) is 0 Å². The first kappa shape index (κ1) is 16.5. The Balaban J connectivity index is 1.84. The monoisotopic (exact) mass is 300 g/mol. The van der Waals surface area contributed by atoms with Gasteiger partial charge in [-0.1, -0.05) is 49.4 Å². The predicted molar refractivity (Wildman–Crippen MR) is 87.3 cm³/mol. The van der Waals surface area contributed by atoms with E-state index in [9.17, 15) is 4.79 Å². The molecule has 0 spiro atoms. The van der Waals surface area contributed by atoms with E-state index in [1.165, 1.54) is 11.6 Å². The molecule has 0 fully saturated rings. The van der Waals surface area contributed by atoms with Gasteiger partial charge in [-0.15, -0.1) is 0 Å². The molecule has 0 unspecified atom stereocenters. The third-order valence-corrected chi connectivity index (χ3v) is 3.84. The summed E-state index contributed by atoms with van der Waals surface area (Å²) in [6, 6.07) is 10.2. The molecule has 1 heterocycles. The van der Waals surface area contributed by atoms with Gasteiger partial charge in [0.1, 0.15) is 6.10 Å². The van der Waals surface area contributed by atoms with Crippen LogP contribution in [0.5, 0.6) is 0 Å². The fourth-order valence-corrected chi connectivity index (χ4v) is 2.46. The van der Waals surface area contributed by atoms with Crippen LogP contribution in [-0.4, -0.2) is 18.7 Å². The van der Waals surface area contributed by atoms with Crippen molar-refractivity contribution in [3.8, 4) is 0 Å². The molecule has 0 radical (unpaired) electrons. The van der Waals surface area contributed by atoms with E-state index in [2.05, 4.69) is 25.1 Å². The molecular weight excluding hydrogens is 276 g/mol. The molecule has 2 atom stereocenters. The largest absolute Gasteiger partial charge is 0.454 e. The Hall–Kier alpha value is -1.87. The number of esters is 1. The van der Waals surface area contributed by atoms with Crippen molar-refractivity contribution in [2.75, 3.05) is 6.61 Å². The van der Waals surface area contributed by atoms with E-state index in [1.54, 1.807) is 0 Å². The summed E-state index contributed by atoms with van der Waals surface area (Å²) in [5.41, 5.74) is 2.29. The van der Waals surface area contributed by atoms with Gasteiger partial charge in [-0.05, 0) is 24.5 Å². The van der Waals surface area contributed by atoms with Gasteiger partial charge in [0.2, 0.25) is 0 Å². The lowest BCUT2D eigenvalue weighted by Crippen LogP contribution is -2.22. The maximum absolute atomic E-state index is 11.3. The molecule has 0 N–H and O–H groups in total. The van der Waals surface area contributed by atoms with Gasteiger partial charge in [-0.3, -0.25) is 0 Å². The van der Waals surface area contributed by atoms with Crippen LogP contribution in [0.25, 0.3) is 0 Å². The Morgan fingerprint density at radius 1 is 1.41 bits per heavy atom. The maximum Gasteiger partial charge on any atom is 0.331 e. The molecule has 0 saturated carbocycles. The van der Waals surface area contributed by atoms with Crippen LogP contribution >= 0.6 is 0 Å². The number of benzene rings is 1. The first-order valence-corrected chi connectivity index (χ1v) is 7.86. The van der Waals surface area contributed by atoms with Gasteiger partial charge in [0, 0.05) is 18.4 Å². The molecule has 0 amide bonds. The topological polar surface area (TPSA) is 35.5 Å². The minimum atomic E-state index is -0.252. The number of ether oxygens (including phenoxy) is 2. The molecule has 3 heteroatoms. The fraction of sp³-hybridized carbons (Fsp3) is 0.421. The maximum atomic E-state index is 11.3. The number of carbonyl (C=O) groups excluding carboxylic acids is 1. The molecule has 0 aromatic heterocycles. The molecule has 118 valence electrons. The molecule has 1 aliphatic rings. The van der Waals surface area contributed by atoms with Crippen molar-refractivity contribution in [1.29, 1.82) is 0 Å². The van der Waals surface area contributed by atoms with Gasteiger partial charge in [-0.2, -0.15) is 0 Å². The Bertz CT molecular complexity index is 531. The van der Waals surface area contributed by atoms with Gasteiger partial charge in [0.05, 0.1) is 13.2 Å². The second kappa shape index (κ2) is 8.54. The number of hydrogen-bond acceptors (Lipinski definition) is 3. The first-order valence-electron chi connectivity index (χ1n) is 7.86. The average molecular weight is 300 g/mol. The van der Waals surface area contributed by atoms with E-state index in [4.69, 9.17) is 9.47 Å². The molecule has 3 nitrogen and oxygen atoms in total. The summed E-state index contributed by atoms with van der Waals surface area (Å²) >= 11 is 0. The predicted octanol–water partition coefficient (Wildman–Crippen LogP) is 4.05. The number of carbonyl (C=O) groups is 1. The summed E-state index contributed by atoms with van der Waals surface area (Å²) in [7, 11) is 0. The zero-order valence-electron chi connectivity index (χ0n) is 13.3. The lowest BCUT2D eigenvalue weighted by Gasteiger charge is -2.21. The van der Waals surface area contributed by atoms with Crippen LogP contribution < -0.4 is 0 Å². The van der Waals surface area contributed by atoms with Crippen LogP contribution in [-0.2, 0) is 20.9 Å². The minimum absolute atomic E-state index is 0.124. The van der Waals surface area contributed by atoms with Gasteiger partial charge in [0.15, 0.2) is 0 Å². The average Bonchev–Trinajstić information content (AvgIpc) is 2.54. The highest BCUT2D eigenvalue weighted by molar-refractivity contribution is 5.83. The summed E-state index contributed by atoms with van der Waals surface area (Å²) < 4.78 is 11.1. The lowest BCUT2D eigenvalue weighted by molar-refractivity contribution is -0.142. The van der Waals surface area contributed by atoms with Crippen molar-refractivity contribution >= 4 is 5.97 Å². The first-order chi connectivity index (χ1) is 10.7. The van der Waals surface area contributed by atoms with Crippen molar-refractivity contribution in [2.24, 2.45) is 5.92 Å². The summed E-state index contributed by atoms with van der Waals surface area (Å²) in [5, 5.41) is 0. The quantitative estimate of drug-likeness (QED) is 0.563. The fourth-order valence-electron chi connectivity index (χ4n) is 2.46. The third kappa shape index (κ3) is 5.15. The standard InChI is InChI=1S/C19H24O3/c1-3-16(13-21-14-17-8-5-4-6-9-17)12-15(2)18-10-7-11-19(20)22-18/h4-9,11-12,16,18H,3,10,13-14H2,1-2H3/b15-12-/t16-,18+/m0/s1. The Morgan fingerprint density at radius 2 is 2.18 bits per heavy atom. The van der Waals surface area contributed by atoms with Crippen LogP contribution in [0.1, 0.15) is 32.3 Å². The molecule has 0 bridgehead atoms. The van der Waals surface area contributed by atoms with E-state index in [1.807, 2.05) is 31.2 Å². The Kier molecular flexibility index (Phi) is 6.41. The zero-order valence-corrected chi connectivity index (χ0v) is 13.3. The minimum Gasteiger partial charge on any atom is -0.454 e. The van der Waals surface area contributed by atoms with Gasteiger partial charge in [-0.25, -0.2) is 4.79 Å². The SMILES string of the molecule is CC[C@@H](/C=C(/C)[C@H]1CC=CC(=O)O1)COCc1ccccc1. The normalized spacial score (nSPS) is 19.8. The van der Waals surface area contributed by atoms with Crippen molar-refractivity contribution < 1.29 is 14.3 Å². The van der Waals surface area contributed by atoms with E-state index in [-0.39, 0.29) is 12.1 Å². The highest BCUT2D eigenvalue weighted by Gasteiger charge is 2.18. The number of rotatable bonds is 7. The molecular formula is C19H24O3. The second-order valence-corrected chi connectivity index (χ2v) is 5.64. The lowest BCUT2D eigenvalue weighted by atomic mass is 9.99. The summed E-state index contributed by atoms with van der Waals surface area (Å²) in [5.74, 6) is 0.0886. The second-order valence-electron chi connectivity index (χ2n) is 5.64. The summed E-state index contributed by atoms with van der Waals surface area (Å²) in [6.07, 6.45) is 7.19. The van der Waals surface area contributed by atoms with Crippen LogP contribution in [0, 0.1) is 5.92 Å². The van der Waals surface area contributed by atoms with Crippen molar-refractivity contribution in [3.05, 3.63) is 59.7 Å². The van der Waals surface area contributed by atoms with Gasteiger partial charge < -0.3 is 9.47 Å². The zero-order chi connectivity index (χ0) is 15.8. The van der Waals surface area contributed by atoms with E-state index in [0.29, 0.717) is 19.1 Å². The molecule has 1 aromatic rings. The van der Waals surface area contributed by atoms with Crippen LogP contribution in [0.2, 0.25) is 0 Å².